The van der Waals surface area contributed by atoms with Gasteiger partial charge in [0.15, 0.2) is 4.80 Å². The highest BCUT2D eigenvalue weighted by molar-refractivity contribution is 7.07. The molecule has 7 nitrogen and oxygen atoms in total. The van der Waals surface area contributed by atoms with Crippen molar-refractivity contribution < 1.29 is 9.53 Å². The van der Waals surface area contributed by atoms with Crippen LogP contribution in [0.3, 0.4) is 0 Å². The summed E-state index contributed by atoms with van der Waals surface area (Å²) in [6.45, 7) is 7.90. The molecule has 1 atom stereocenters. The molecule has 0 saturated heterocycles. The van der Waals surface area contributed by atoms with Crippen molar-refractivity contribution in [1.29, 1.82) is 0 Å². The standard InChI is InChI=1S/C26H30N4O3S/c1-8-33-25(32)22-16(3)27-26-30(23(22)18-9-11-20(12-10-18)28(5)6)24(31)21(34-26)14-19-13-15(2)29(7)17(19)4/h9-14,23H,8H2,1-7H3/b21-14+/t23-/m0/s1. The third-order valence-electron chi connectivity index (χ3n) is 6.34. The molecule has 3 heterocycles. The van der Waals surface area contributed by atoms with Gasteiger partial charge < -0.3 is 14.2 Å². The van der Waals surface area contributed by atoms with Gasteiger partial charge in [-0.25, -0.2) is 9.79 Å². The van der Waals surface area contributed by atoms with E-state index in [0.717, 1.165) is 28.2 Å². The van der Waals surface area contributed by atoms with Crippen LogP contribution < -0.4 is 19.8 Å². The van der Waals surface area contributed by atoms with Gasteiger partial charge in [0.05, 0.1) is 28.5 Å². The number of fused-ring (bicyclic) bond motifs is 1. The first-order valence-corrected chi connectivity index (χ1v) is 12.1. The minimum atomic E-state index is -0.604. The Morgan fingerprint density at radius 1 is 1.21 bits per heavy atom. The number of allylic oxidation sites excluding steroid dienone is 1. The second-order valence-electron chi connectivity index (χ2n) is 8.67. The van der Waals surface area contributed by atoms with Crippen LogP contribution in [-0.4, -0.2) is 35.8 Å². The maximum absolute atomic E-state index is 13.7. The molecule has 0 unspecified atom stereocenters. The lowest BCUT2D eigenvalue weighted by atomic mass is 9.95. The largest absolute Gasteiger partial charge is 0.463 e. The highest BCUT2D eigenvalue weighted by atomic mass is 32.1. The van der Waals surface area contributed by atoms with E-state index >= 15 is 0 Å². The number of carbonyl (C=O) groups is 1. The van der Waals surface area contributed by atoms with Crippen molar-refractivity contribution in [2.75, 3.05) is 25.6 Å². The van der Waals surface area contributed by atoms with Gasteiger partial charge in [-0.1, -0.05) is 23.5 Å². The topological polar surface area (TPSA) is 68.8 Å². The maximum atomic E-state index is 13.7. The number of thiazole rings is 1. The summed E-state index contributed by atoms with van der Waals surface area (Å²) in [5.74, 6) is -0.450. The van der Waals surface area contributed by atoms with E-state index in [1.807, 2.05) is 70.2 Å². The van der Waals surface area contributed by atoms with Crippen molar-refractivity contribution in [1.82, 2.24) is 9.13 Å². The van der Waals surface area contributed by atoms with Crippen LogP contribution in [0.5, 0.6) is 0 Å². The first-order chi connectivity index (χ1) is 16.1. The number of hydrogen-bond acceptors (Lipinski definition) is 6. The molecule has 0 saturated carbocycles. The summed E-state index contributed by atoms with van der Waals surface area (Å²) in [4.78, 5) is 33.9. The zero-order valence-corrected chi connectivity index (χ0v) is 21.5. The third kappa shape index (κ3) is 4.03. The van der Waals surface area contributed by atoms with Crippen LogP contribution in [0.4, 0.5) is 5.69 Å². The lowest BCUT2D eigenvalue weighted by Crippen LogP contribution is -2.40. The van der Waals surface area contributed by atoms with Gasteiger partial charge in [0.2, 0.25) is 0 Å². The van der Waals surface area contributed by atoms with Gasteiger partial charge in [-0.2, -0.15) is 0 Å². The number of carbonyl (C=O) groups excluding carboxylic acids is 1. The van der Waals surface area contributed by atoms with Crippen LogP contribution in [0.15, 0.2) is 51.4 Å². The van der Waals surface area contributed by atoms with Crippen LogP contribution in [0.25, 0.3) is 6.08 Å². The van der Waals surface area contributed by atoms with Gasteiger partial charge in [-0.05, 0) is 63.1 Å². The minimum Gasteiger partial charge on any atom is -0.463 e. The molecule has 3 aromatic rings. The molecule has 1 aliphatic rings. The van der Waals surface area contributed by atoms with E-state index in [4.69, 9.17) is 4.74 Å². The van der Waals surface area contributed by atoms with E-state index in [1.54, 1.807) is 18.4 Å². The summed E-state index contributed by atoms with van der Waals surface area (Å²) < 4.78 is 9.68. The molecular formula is C26H30N4O3S. The summed E-state index contributed by atoms with van der Waals surface area (Å²) in [5, 5.41) is 0. The molecule has 8 heteroatoms. The predicted molar refractivity (Wildman–Crippen MR) is 136 cm³/mol. The summed E-state index contributed by atoms with van der Waals surface area (Å²) in [6.07, 6.45) is 1.92. The van der Waals surface area contributed by atoms with Gasteiger partial charge >= 0.3 is 5.97 Å². The van der Waals surface area contributed by atoms with Crippen molar-refractivity contribution in [2.45, 2.75) is 33.7 Å². The van der Waals surface area contributed by atoms with Gasteiger partial charge in [0.1, 0.15) is 0 Å². The molecule has 2 aromatic heterocycles. The number of aryl methyl sites for hydroxylation is 1. The van der Waals surface area contributed by atoms with Crippen LogP contribution in [0.1, 0.15) is 42.4 Å². The van der Waals surface area contributed by atoms with Gasteiger partial charge in [0, 0.05) is 38.2 Å². The Morgan fingerprint density at radius 3 is 2.44 bits per heavy atom. The molecule has 0 amide bonds. The molecule has 1 aromatic carbocycles. The predicted octanol–water partition coefficient (Wildman–Crippen LogP) is 2.82. The quantitative estimate of drug-likeness (QED) is 0.529. The van der Waals surface area contributed by atoms with Gasteiger partial charge in [-0.3, -0.25) is 9.36 Å². The van der Waals surface area contributed by atoms with Crippen molar-refractivity contribution in [3.8, 4) is 0 Å². The molecular weight excluding hydrogens is 448 g/mol. The van der Waals surface area contributed by atoms with E-state index in [2.05, 4.69) is 15.6 Å². The number of nitrogens with zero attached hydrogens (tertiary/aromatic N) is 4. The summed E-state index contributed by atoms with van der Waals surface area (Å²) in [5.41, 5.74) is 5.87. The number of anilines is 1. The summed E-state index contributed by atoms with van der Waals surface area (Å²) in [6, 6.07) is 9.35. The Kier molecular flexibility index (Phi) is 6.36. The number of esters is 1. The highest BCUT2D eigenvalue weighted by Crippen LogP contribution is 2.31. The molecule has 0 N–H and O–H groups in total. The van der Waals surface area contributed by atoms with E-state index < -0.39 is 12.0 Å². The average Bonchev–Trinajstić information content (AvgIpc) is 3.23. The lowest BCUT2D eigenvalue weighted by molar-refractivity contribution is -0.139. The Morgan fingerprint density at radius 2 is 1.88 bits per heavy atom. The number of aromatic nitrogens is 2. The number of rotatable bonds is 5. The zero-order chi connectivity index (χ0) is 24.7. The second kappa shape index (κ2) is 9.10. The monoisotopic (exact) mass is 478 g/mol. The molecule has 4 rings (SSSR count). The van der Waals surface area contributed by atoms with E-state index in [-0.39, 0.29) is 12.2 Å². The van der Waals surface area contributed by atoms with Crippen molar-refractivity contribution in [3.63, 3.8) is 0 Å². The molecule has 178 valence electrons. The van der Waals surface area contributed by atoms with E-state index in [1.165, 1.54) is 11.3 Å². The van der Waals surface area contributed by atoms with Gasteiger partial charge in [-0.15, -0.1) is 0 Å². The molecule has 0 spiro atoms. The fourth-order valence-electron chi connectivity index (χ4n) is 4.23. The van der Waals surface area contributed by atoms with Crippen LogP contribution >= 0.6 is 11.3 Å². The van der Waals surface area contributed by atoms with E-state index in [0.29, 0.717) is 20.6 Å². The fraction of sp³-hybridized carbons (Fsp3) is 0.346. The van der Waals surface area contributed by atoms with Crippen molar-refractivity contribution in [2.24, 2.45) is 12.0 Å². The third-order valence-corrected chi connectivity index (χ3v) is 7.33. The van der Waals surface area contributed by atoms with Crippen LogP contribution in [0, 0.1) is 13.8 Å². The van der Waals surface area contributed by atoms with Crippen LogP contribution in [-0.2, 0) is 16.6 Å². The SMILES string of the molecule is CCOC(=O)C1=C(C)N=c2s/c(=C/c3cc(C)n(C)c3C)c(=O)n2[C@H]1c1ccc(N(C)C)cc1. The lowest BCUT2D eigenvalue weighted by Gasteiger charge is -2.25. The Hall–Kier alpha value is -3.39. The molecule has 0 fully saturated rings. The van der Waals surface area contributed by atoms with Gasteiger partial charge in [0.25, 0.3) is 5.56 Å². The van der Waals surface area contributed by atoms with Crippen molar-refractivity contribution >= 4 is 29.1 Å². The Balaban J connectivity index is 1.95. The summed E-state index contributed by atoms with van der Waals surface area (Å²) in [7, 11) is 5.95. The Bertz CT molecular complexity index is 1470. The maximum Gasteiger partial charge on any atom is 0.338 e. The average molecular weight is 479 g/mol. The van der Waals surface area contributed by atoms with E-state index in [9.17, 15) is 9.59 Å². The second-order valence-corrected chi connectivity index (χ2v) is 9.68. The molecule has 0 bridgehead atoms. The van der Waals surface area contributed by atoms with Crippen LogP contribution in [0.2, 0.25) is 0 Å². The number of ether oxygens (including phenoxy) is 1. The highest BCUT2D eigenvalue weighted by Gasteiger charge is 2.33. The molecule has 0 radical (unpaired) electrons. The normalized spacial score (nSPS) is 15.9. The fourth-order valence-corrected chi connectivity index (χ4v) is 5.27. The Labute approximate surface area is 202 Å². The smallest absolute Gasteiger partial charge is 0.338 e. The number of hydrogen-bond donors (Lipinski definition) is 0. The first-order valence-electron chi connectivity index (χ1n) is 11.2. The zero-order valence-electron chi connectivity index (χ0n) is 20.7. The first kappa shape index (κ1) is 23.8. The molecule has 0 aliphatic carbocycles. The van der Waals surface area contributed by atoms with Crippen molar-refractivity contribution in [3.05, 3.63) is 83.8 Å². The summed E-state index contributed by atoms with van der Waals surface area (Å²) >= 11 is 1.34. The molecule has 34 heavy (non-hydrogen) atoms. The number of benzene rings is 1. The minimum absolute atomic E-state index is 0.166. The molecule has 1 aliphatic heterocycles.